The van der Waals surface area contributed by atoms with E-state index >= 15 is 0 Å². The second kappa shape index (κ2) is 10.0. The van der Waals surface area contributed by atoms with Gasteiger partial charge in [-0.15, -0.1) is 0 Å². The average molecular weight is 467 g/mol. The summed E-state index contributed by atoms with van der Waals surface area (Å²) < 4.78 is 1.64. The third-order valence-electron chi connectivity index (χ3n) is 4.62. The Morgan fingerprint density at radius 2 is 1.74 bits per heavy atom. The van der Waals surface area contributed by atoms with Crippen LogP contribution in [0.25, 0.3) is 5.69 Å². The fourth-order valence-corrected chi connectivity index (χ4v) is 3.34. The molecule has 0 saturated carbocycles. The number of hydrogen-bond acceptors (Lipinski definition) is 3. The highest BCUT2D eigenvalue weighted by molar-refractivity contribution is 6.42. The number of carbonyl (C=O) groups is 2. The zero-order valence-electron chi connectivity index (χ0n) is 19.3. The van der Waals surface area contributed by atoms with Crippen molar-refractivity contribution in [2.75, 3.05) is 18.4 Å². The molecule has 0 spiro atoms. The first kappa shape index (κ1) is 25.2. The topological polar surface area (TPSA) is 67.2 Å². The van der Waals surface area contributed by atoms with Gasteiger partial charge in [-0.05, 0) is 24.1 Å². The largest absolute Gasteiger partial charge is 0.333 e. The third-order valence-corrected chi connectivity index (χ3v) is 5.36. The van der Waals surface area contributed by atoms with Gasteiger partial charge in [0.25, 0.3) is 0 Å². The summed E-state index contributed by atoms with van der Waals surface area (Å²) in [6.07, 6.45) is 0. The molecule has 6 nitrogen and oxygen atoms in total. The number of aromatic nitrogens is 2. The molecule has 170 valence electrons. The van der Waals surface area contributed by atoms with Gasteiger partial charge < -0.3 is 10.2 Å². The predicted molar refractivity (Wildman–Crippen MR) is 127 cm³/mol. The number of carbonyl (C=O) groups excluding carboxylic acids is 2. The van der Waals surface area contributed by atoms with Crippen LogP contribution in [0.5, 0.6) is 0 Å². The lowest BCUT2D eigenvalue weighted by molar-refractivity contribution is -0.138. The van der Waals surface area contributed by atoms with Crippen molar-refractivity contribution >= 4 is 40.8 Å². The second-order valence-corrected chi connectivity index (χ2v) is 10.3. The monoisotopic (exact) mass is 466 g/mol. The number of amides is 2. The first-order valence-corrected chi connectivity index (χ1v) is 11.2. The first-order valence-electron chi connectivity index (χ1n) is 10.4. The lowest BCUT2D eigenvalue weighted by Gasteiger charge is -2.25. The number of nitrogens with zero attached hydrogens (tertiary/aromatic N) is 3. The minimum atomic E-state index is -0.281. The van der Waals surface area contributed by atoms with E-state index in [-0.39, 0.29) is 35.6 Å². The summed E-state index contributed by atoms with van der Waals surface area (Å²) in [5.41, 5.74) is 1.27. The molecule has 2 amide bonds. The Balaban J connectivity index is 2.35. The van der Waals surface area contributed by atoms with Gasteiger partial charge in [-0.25, -0.2) is 4.68 Å². The van der Waals surface area contributed by atoms with E-state index in [1.54, 1.807) is 27.8 Å². The van der Waals surface area contributed by atoms with Gasteiger partial charge in [0.2, 0.25) is 11.8 Å². The quantitative estimate of drug-likeness (QED) is 0.580. The summed E-state index contributed by atoms with van der Waals surface area (Å²) in [5, 5.41) is 8.45. The maximum Gasteiger partial charge on any atom is 0.245 e. The molecule has 31 heavy (non-hydrogen) atoms. The van der Waals surface area contributed by atoms with Crippen molar-refractivity contribution < 1.29 is 9.59 Å². The van der Waals surface area contributed by atoms with Crippen molar-refractivity contribution in [2.45, 2.75) is 53.9 Å². The highest BCUT2D eigenvalue weighted by atomic mass is 35.5. The molecule has 0 atom stereocenters. The fourth-order valence-electron chi connectivity index (χ4n) is 3.04. The summed E-state index contributed by atoms with van der Waals surface area (Å²) in [7, 11) is 0. The Hall–Kier alpha value is -2.05. The summed E-state index contributed by atoms with van der Waals surface area (Å²) in [5.74, 6) is 0.258. The van der Waals surface area contributed by atoms with Crippen LogP contribution in [0.2, 0.25) is 10.0 Å². The van der Waals surface area contributed by atoms with Crippen molar-refractivity contribution in [1.82, 2.24) is 14.7 Å². The van der Waals surface area contributed by atoms with Crippen molar-refractivity contribution in [2.24, 2.45) is 11.8 Å². The molecule has 0 aliphatic carbocycles. The maximum atomic E-state index is 12.9. The average Bonchev–Trinajstić information content (AvgIpc) is 3.06. The standard InChI is InChI=1S/C23H32Cl2N4O2/c1-14(2)12-28(22(31)15(3)4)13-21(30)26-20-11-19(23(5,6)7)27-29(20)16-8-9-17(24)18(25)10-16/h8-11,14-15H,12-13H2,1-7H3,(H,26,30). The molecule has 0 aliphatic rings. The summed E-state index contributed by atoms with van der Waals surface area (Å²) in [4.78, 5) is 27.1. The molecule has 0 fully saturated rings. The Morgan fingerprint density at radius 3 is 2.26 bits per heavy atom. The van der Waals surface area contributed by atoms with Crippen LogP contribution in [0.1, 0.15) is 54.2 Å². The Labute approximate surface area is 194 Å². The molecule has 2 rings (SSSR count). The molecule has 0 bridgehead atoms. The lowest BCUT2D eigenvalue weighted by Crippen LogP contribution is -2.42. The van der Waals surface area contributed by atoms with Gasteiger partial charge in [0.05, 0.1) is 28.0 Å². The van der Waals surface area contributed by atoms with Crippen molar-refractivity contribution in [1.29, 1.82) is 0 Å². The number of hydrogen-bond donors (Lipinski definition) is 1. The minimum absolute atomic E-state index is 0.0212. The van der Waals surface area contributed by atoms with E-state index < -0.39 is 0 Å². The van der Waals surface area contributed by atoms with Crippen LogP contribution in [0.15, 0.2) is 24.3 Å². The molecule has 0 unspecified atom stereocenters. The van der Waals surface area contributed by atoms with Gasteiger partial charge >= 0.3 is 0 Å². The van der Waals surface area contributed by atoms with Gasteiger partial charge in [-0.2, -0.15) is 5.10 Å². The zero-order valence-corrected chi connectivity index (χ0v) is 20.8. The number of nitrogens with one attached hydrogen (secondary N) is 1. The third kappa shape index (κ3) is 6.71. The summed E-state index contributed by atoms with van der Waals surface area (Å²) in [6.45, 7) is 14.4. The van der Waals surface area contributed by atoms with Gasteiger partial charge in [-0.3, -0.25) is 9.59 Å². The normalized spacial score (nSPS) is 11.8. The fraction of sp³-hybridized carbons (Fsp3) is 0.522. The van der Waals surface area contributed by atoms with Gasteiger partial charge in [0.1, 0.15) is 5.82 Å². The molecule has 0 radical (unpaired) electrons. The number of rotatable bonds is 7. The zero-order chi connectivity index (χ0) is 23.5. The number of benzene rings is 1. The van der Waals surface area contributed by atoms with E-state index in [1.165, 1.54) is 0 Å². The van der Waals surface area contributed by atoms with Crippen LogP contribution < -0.4 is 5.32 Å². The molecule has 1 N–H and O–H groups in total. The molecule has 2 aromatic rings. The summed E-state index contributed by atoms with van der Waals surface area (Å²) >= 11 is 12.3. The van der Waals surface area contributed by atoms with E-state index in [9.17, 15) is 9.59 Å². The smallest absolute Gasteiger partial charge is 0.245 e. The van der Waals surface area contributed by atoms with Crippen LogP contribution in [0.3, 0.4) is 0 Å². The molecular weight excluding hydrogens is 435 g/mol. The van der Waals surface area contributed by atoms with E-state index in [0.29, 0.717) is 28.1 Å². The Morgan fingerprint density at radius 1 is 1.10 bits per heavy atom. The van der Waals surface area contributed by atoms with Crippen LogP contribution in [0, 0.1) is 11.8 Å². The van der Waals surface area contributed by atoms with Crippen LogP contribution >= 0.6 is 23.2 Å². The van der Waals surface area contributed by atoms with Crippen molar-refractivity contribution in [3.63, 3.8) is 0 Å². The first-order chi connectivity index (χ1) is 14.3. The molecule has 1 aromatic carbocycles. The van der Waals surface area contributed by atoms with E-state index in [1.807, 2.05) is 54.5 Å². The molecule has 0 saturated heterocycles. The maximum absolute atomic E-state index is 12.9. The molecule has 1 heterocycles. The van der Waals surface area contributed by atoms with Gasteiger partial charge in [-0.1, -0.05) is 71.7 Å². The van der Waals surface area contributed by atoms with Crippen LogP contribution in [-0.2, 0) is 15.0 Å². The van der Waals surface area contributed by atoms with E-state index in [2.05, 4.69) is 10.4 Å². The van der Waals surface area contributed by atoms with Crippen LogP contribution in [0.4, 0.5) is 5.82 Å². The minimum Gasteiger partial charge on any atom is -0.333 e. The predicted octanol–water partition coefficient (Wildman–Crippen LogP) is 5.56. The van der Waals surface area contributed by atoms with E-state index in [0.717, 1.165) is 5.69 Å². The number of anilines is 1. The number of halogens is 2. The van der Waals surface area contributed by atoms with Crippen molar-refractivity contribution in [3.05, 3.63) is 40.0 Å². The molecular formula is C23H32Cl2N4O2. The van der Waals surface area contributed by atoms with Crippen molar-refractivity contribution in [3.8, 4) is 5.69 Å². The second-order valence-electron chi connectivity index (χ2n) is 9.49. The Kier molecular flexibility index (Phi) is 8.17. The van der Waals surface area contributed by atoms with Gasteiger partial charge in [0, 0.05) is 23.9 Å². The molecule has 1 aromatic heterocycles. The summed E-state index contributed by atoms with van der Waals surface area (Å²) in [6, 6.07) is 7.02. The van der Waals surface area contributed by atoms with Gasteiger partial charge in [0.15, 0.2) is 0 Å². The SMILES string of the molecule is CC(C)CN(CC(=O)Nc1cc(C(C)(C)C)nn1-c1ccc(Cl)c(Cl)c1)C(=O)C(C)C. The molecule has 0 aliphatic heterocycles. The lowest BCUT2D eigenvalue weighted by atomic mass is 9.92. The van der Waals surface area contributed by atoms with E-state index in [4.69, 9.17) is 23.2 Å². The highest BCUT2D eigenvalue weighted by Gasteiger charge is 2.24. The van der Waals surface area contributed by atoms with Crippen LogP contribution in [-0.4, -0.2) is 39.6 Å². The Bertz CT molecular complexity index is 946. The molecule has 8 heteroatoms. The highest BCUT2D eigenvalue weighted by Crippen LogP contribution is 2.29.